The maximum Gasteiger partial charge on any atom is 0.306 e. The predicted molar refractivity (Wildman–Crippen MR) is 339 cm³/mol. The average molecular weight is 1120 g/mol. The third-order valence-electron chi connectivity index (χ3n) is 13.5. The first-order valence-electron chi connectivity index (χ1n) is 31.9. The molecule has 10 heteroatoms. The summed E-state index contributed by atoms with van der Waals surface area (Å²) in [6.07, 6.45) is 80.2. The van der Waals surface area contributed by atoms with E-state index in [0.29, 0.717) is 23.9 Å². The molecule has 0 bridgehead atoms. The van der Waals surface area contributed by atoms with E-state index in [1.165, 1.54) is 122 Å². The van der Waals surface area contributed by atoms with Crippen LogP contribution >= 0.6 is 7.82 Å². The zero-order valence-corrected chi connectivity index (χ0v) is 52.4. The molecular weight excluding hydrogens is 1000 g/mol. The molecular formula is C69H119N2O7P. The van der Waals surface area contributed by atoms with E-state index in [0.717, 1.165) is 83.5 Å². The first-order valence-corrected chi connectivity index (χ1v) is 33.4. The SMILES string of the molecule is CC\C=C/C=C/C=C/C=C\C=C\C=C\CCCCCC(=O)NC(COP(=O)([O-])OCC[N+](C)(C)C)C(/C=C\CCCCCCCCCCCCC)OC(=O)CCCCCCCCCCCC/C=C\C/C=C\C/C=C\CCCCC. The lowest BCUT2D eigenvalue weighted by Crippen LogP contribution is -2.47. The molecule has 3 unspecified atom stereocenters. The molecule has 0 aliphatic heterocycles. The normalized spacial score (nSPS) is 14.5. The van der Waals surface area contributed by atoms with Gasteiger partial charge in [-0.2, -0.15) is 0 Å². The van der Waals surface area contributed by atoms with Crippen molar-refractivity contribution in [2.24, 2.45) is 0 Å². The molecule has 0 saturated heterocycles. The fraction of sp³-hybridized carbons (Fsp3) is 0.681. The Balaban J connectivity index is 5.31. The average Bonchev–Trinajstić information content (AvgIpc) is 3.41. The van der Waals surface area contributed by atoms with Gasteiger partial charge < -0.3 is 28.5 Å². The highest BCUT2D eigenvalue weighted by molar-refractivity contribution is 7.45. The predicted octanol–water partition coefficient (Wildman–Crippen LogP) is 19.3. The van der Waals surface area contributed by atoms with E-state index in [4.69, 9.17) is 13.8 Å². The summed E-state index contributed by atoms with van der Waals surface area (Å²) in [6.45, 7) is 6.63. The van der Waals surface area contributed by atoms with Crippen molar-refractivity contribution < 1.29 is 37.3 Å². The lowest BCUT2D eigenvalue weighted by molar-refractivity contribution is -0.870. The Morgan fingerprint density at radius 3 is 1.37 bits per heavy atom. The third kappa shape index (κ3) is 58.9. The second-order valence-corrected chi connectivity index (χ2v) is 23.7. The van der Waals surface area contributed by atoms with Crippen LogP contribution in [0, 0.1) is 0 Å². The second-order valence-electron chi connectivity index (χ2n) is 22.3. The van der Waals surface area contributed by atoms with Crippen molar-refractivity contribution in [2.75, 3.05) is 40.9 Å². The minimum Gasteiger partial charge on any atom is -0.756 e. The second kappa shape index (κ2) is 57.6. The van der Waals surface area contributed by atoms with Crippen molar-refractivity contribution in [1.82, 2.24) is 5.32 Å². The minimum atomic E-state index is -4.72. The molecule has 0 aromatic heterocycles. The number of unbranched alkanes of at least 4 members (excludes halogenated alkanes) is 27. The van der Waals surface area contributed by atoms with Gasteiger partial charge in [-0.3, -0.25) is 14.2 Å². The molecule has 0 aliphatic carbocycles. The number of nitrogens with zero attached hydrogens (tertiary/aromatic N) is 1. The quantitative estimate of drug-likeness (QED) is 0.0161. The molecule has 79 heavy (non-hydrogen) atoms. The number of phosphoric ester groups is 1. The first-order chi connectivity index (χ1) is 38.4. The Morgan fingerprint density at radius 2 is 0.861 bits per heavy atom. The first kappa shape index (κ1) is 75.4. The molecule has 0 heterocycles. The molecule has 452 valence electrons. The Bertz CT molecular complexity index is 1770. The summed E-state index contributed by atoms with van der Waals surface area (Å²) in [5.41, 5.74) is 0. The maximum absolute atomic E-state index is 13.5. The summed E-state index contributed by atoms with van der Waals surface area (Å²) in [4.78, 5) is 40.0. The highest BCUT2D eigenvalue weighted by atomic mass is 31.2. The summed E-state index contributed by atoms with van der Waals surface area (Å²) in [5, 5.41) is 3.00. The lowest BCUT2D eigenvalue weighted by Gasteiger charge is -2.30. The molecule has 0 aromatic rings. The number of nitrogens with one attached hydrogen (secondary N) is 1. The monoisotopic (exact) mass is 1120 g/mol. The molecule has 0 radical (unpaired) electrons. The molecule has 0 aliphatic rings. The van der Waals surface area contributed by atoms with Gasteiger partial charge in [0.2, 0.25) is 5.91 Å². The Kier molecular flexibility index (Phi) is 55.0. The molecule has 1 N–H and O–H groups in total. The Hall–Kier alpha value is -3.59. The van der Waals surface area contributed by atoms with Crippen LogP contribution in [0.4, 0.5) is 0 Å². The van der Waals surface area contributed by atoms with Crippen LogP contribution in [0.3, 0.4) is 0 Å². The van der Waals surface area contributed by atoms with E-state index in [9.17, 15) is 19.0 Å². The number of phosphoric acid groups is 1. The van der Waals surface area contributed by atoms with E-state index < -0.39 is 26.6 Å². The number of hydrogen-bond acceptors (Lipinski definition) is 7. The molecule has 0 fully saturated rings. The summed E-state index contributed by atoms with van der Waals surface area (Å²) >= 11 is 0. The van der Waals surface area contributed by atoms with Gasteiger partial charge in [0.15, 0.2) is 0 Å². The summed E-state index contributed by atoms with van der Waals surface area (Å²) in [5.74, 6) is -0.602. The van der Waals surface area contributed by atoms with Crippen molar-refractivity contribution >= 4 is 19.7 Å². The molecule has 0 aromatic carbocycles. The van der Waals surface area contributed by atoms with Crippen LogP contribution < -0.4 is 10.2 Å². The number of amides is 1. The molecule has 0 spiro atoms. The van der Waals surface area contributed by atoms with Crippen LogP contribution in [-0.4, -0.2) is 69.4 Å². The van der Waals surface area contributed by atoms with E-state index in [1.807, 2.05) is 94.1 Å². The Morgan fingerprint density at radius 1 is 0.468 bits per heavy atom. The van der Waals surface area contributed by atoms with E-state index >= 15 is 0 Å². The maximum atomic E-state index is 13.5. The van der Waals surface area contributed by atoms with Gasteiger partial charge in [-0.15, -0.1) is 0 Å². The van der Waals surface area contributed by atoms with Gasteiger partial charge in [0.1, 0.15) is 19.3 Å². The van der Waals surface area contributed by atoms with Crippen molar-refractivity contribution in [1.29, 1.82) is 0 Å². The van der Waals surface area contributed by atoms with Crippen LogP contribution in [0.25, 0.3) is 0 Å². The van der Waals surface area contributed by atoms with Crippen molar-refractivity contribution in [3.05, 3.63) is 122 Å². The van der Waals surface area contributed by atoms with Crippen molar-refractivity contribution in [3.63, 3.8) is 0 Å². The van der Waals surface area contributed by atoms with Crippen LogP contribution in [0.2, 0.25) is 0 Å². The third-order valence-corrected chi connectivity index (χ3v) is 14.5. The summed E-state index contributed by atoms with van der Waals surface area (Å²) < 4.78 is 30.3. The zero-order chi connectivity index (χ0) is 57.9. The topological polar surface area (TPSA) is 114 Å². The number of hydrogen-bond donors (Lipinski definition) is 1. The van der Waals surface area contributed by atoms with Gasteiger partial charge in [0.05, 0.1) is 33.8 Å². The van der Waals surface area contributed by atoms with Gasteiger partial charge >= 0.3 is 5.97 Å². The smallest absolute Gasteiger partial charge is 0.306 e. The van der Waals surface area contributed by atoms with Crippen LogP contribution in [0.5, 0.6) is 0 Å². The van der Waals surface area contributed by atoms with Crippen molar-refractivity contribution in [3.8, 4) is 0 Å². The lowest BCUT2D eigenvalue weighted by atomic mass is 10.0. The molecule has 0 rings (SSSR count). The Labute approximate surface area is 486 Å². The summed E-state index contributed by atoms with van der Waals surface area (Å²) in [7, 11) is 1.13. The number of ether oxygens (including phenoxy) is 1. The largest absolute Gasteiger partial charge is 0.756 e. The van der Waals surface area contributed by atoms with Gasteiger partial charge in [0.25, 0.3) is 7.82 Å². The van der Waals surface area contributed by atoms with E-state index in [2.05, 4.69) is 74.7 Å². The van der Waals surface area contributed by atoms with Crippen LogP contribution in [0.15, 0.2) is 122 Å². The minimum absolute atomic E-state index is 0.0386. The number of esters is 1. The number of likely N-dealkylation sites (N-methyl/N-ethyl adjacent to an activating group) is 1. The molecule has 3 atom stereocenters. The van der Waals surface area contributed by atoms with Gasteiger partial charge in [-0.25, -0.2) is 0 Å². The van der Waals surface area contributed by atoms with Gasteiger partial charge in [-0.05, 0) is 89.5 Å². The number of carbonyl (C=O) groups is 2. The van der Waals surface area contributed by atoms with Crippen molar-refractivity contribution in [2.45, 2.75) is 264 Å². The fourth-order valence-electron chi connectivity index (χ4n) is 8.62. The number of rotatable bonds is 56. The fourth-order valence-corrected chi connectivity index (χ4v) is 9.34. The van der Waals surface area contributed by atoms with Crippen LogP contribution in [-0.2, 0) is 27.9 Å². The highest BCUT2D eigenvalue weighted by Crippen LogP contribution is 2.38. The highest BCUT2D eigenvalue weighted by Gasteiger charge is 2.27. The zero-order valence-electron chi connectivity index (χ0n) is 51.5. The van der Waals surface area contributed by atoms with E-state index in [-0.39, 0.29) is 31.3 Å². The number of allylic oxidation sites excluding steroid dienone is 19. The van der Waals surface area contributed by atoms with Crippen LogP contribution in [0.1, 0.15) is 252 Å². The molecule has 0 saturated carbocycles. The van der Waals surface area contributed by atoms with Gasteiger partial charge in [0, 0.05) is 12.8 Å². The molecule has 1 amide bonds. The molecule has 9 nitrogen and oxygen atoms in total. The summed E-state index contributed by atoms with van der Waals surface area (Å²) in [6, 6.07) is -0.922. The van der Waals surface area contributed by atoms with E-state index in [1.54, 1.807) is 0 Å². The number of quaternary nitrogens is 1. The van der Waals surface area contributed by atoms with Gasteiger partial charge in [-0.1, -0.05) is 271 Å². The number of carbonyl (C=O) groups excluding carboxylic acids is 2. The standard InChI is InChI=1S/C69H119N2O7P/c1-7-10-13-16-19-22-25-28-30-32-33-34-35-36-37-39-41-44-47-50-53-56-59-62-69(73)78-67(60-57-54-51-48-45-42-27-24-21-18-15-12-9-3)66(65-77-79(74,75)76-64-63-71(4,5)6)70-68(72)61-58-55-52-49-46-43-40-38-31-29-26-23-20-17-14-11-8-2/h11,14,17,19-20,22-23,26,28-31,33-34,38,40,43,46,57,60,66-67H,7-10,12-13,15-16,18,21,24-25,27,32,35-37,39,41-42,44-45,47-56,58-59,61-65H2,1-6H3,(H-,70,72,74,75)/b14-11-,20-17+,22-19-,26-23+,30-28-,31-29-,34-33-,40-38+,46-43+,60-57-.